The molecule has 0 aromatic heterocycles. The maximum Gasteiger partial charge on any atom is 1.00 e. The van der Waals surface area contributed by atoms with Crippen LogP contribution in [0.5, 0.6) is 0 Å². The van der Waals surface area contributed by atoms with Crippen LogP contribution >= 0.6 is 0 Å². The Labute approximate surface area is 79.4 Å². The molecule has 0 aliphatic rings. The molecule has 0 saturated carbocycles. The predicted molar refractivity (Wildman–Crippen MR) is 24.0 cm³/mol. The van der Waals surface area contributed by atoms with Gasteiger partial charge in [-0.1, -0.05) is 0 Å². The first-order chi connectivity index (χ1) is 4.68. The van der Waals surface area contributed by atoms with E-state index < -0.39 is 18.8 Å². The summed E-state index contributed by atoms with van der Waals surface area (Å²) in [5.74, 6) is -2.84. The van der Waals surface area contributed by atoms with Gasteiger partial charge < -0.3 is 15.0 Å². The molecule has 0 amide bonds. The summed E-state index contributed by atoms with van der Waals surface area (Å²) >= 11 is 0. The molecule has 0 aromatic rings. The van der Waals surface area contributed by atoms with Crippen LogP contribution in [0.15, 0.2) is 0 Å². The summed E-state index contributed by atoms with van der Waals surface area (Å²) in [6, 6.07) is 0. The van der Waals surface area contributed by atoms with Crippen LogP contribution in [0.4, 0.5) is 0 Å². The molecule has 0 heterocycles. The summed E-state index contributed by atoms with van der Waals surface area (Å²) in [6.45, 7) is -1.86. The van der Waals surface area contributed by atoms with Crippen molar-refractivity contribution in [2.75, 3.05) is 0 Å². The molecule has 0 aliphatic carbocycles. The van der Waals surface area contributed by atoms with Crippen molar-refractivity contribution in [2.24, 2.45) is 0 Å². The van der Waals surface area contributed by atoms with Crippen LogP contribution in [0.3, 0.4) is 0 Å². The molecule has 0 spiro atoms. The van der Waals surface area contributed by atoms with E-state index in [1.807, 2.05) is 0 Å². The third kappa shape index (κ3) is 77800. The fourth-order valence-corrected chi connectivity index (χ4v) is 0. The summed E-state index contributed by atoms with van der Waals surface area (Å²) in [5.41, 5.74) is 0. The van der Waals surface area contributed by atoms with Gasteiger partial charge in [-0.3, -0.25) is 4.79 Å². The Morgan fingerprint density at radius 1 is 1.67 bits per heavy atom. The summed E-state index contributed by atoms with van der Waals surface area (Å²) in [7, 11) is 0. The van der Waals surface area contributed by atoms with E-state index in [4.69, 9.17) is 19.1 Å². The van der Waals surface area contributed by atoms with Crippen LogP contribution in [0.1, 0.15) is 17.9 Å². The Bertz CT molecular complexity index is 151. The van der Waals surface area contributed by atoms with Crippen molar-refractivity contribution in [3.63, 3.8) is 0 Å². The third-order valence-electron chi connectivity index (χ3n) is 0. The summed E-state index contributed by atoms with van der Waals surface area (Å²) in [5, 5.41) is 16.6. The number of carbonyl (C=O) groups excluding carboxylic acids is 1. The van der Waals surface area contributed by atoms with Gasteiger partial charge in [0.2, 0.25) is 0 Å². The van der Waals surface area contributed by atoms with E-state index in [0.717, 1.165) is 6.92 Å². The smallest absolute Gasteiger partial charge is 0.550 e. The van der Waals surface area contributed by atoms with E-state index in [1.165, 1.54) is 0 Å². The minimum absolute atomic E-state index is 0. The zero-order valence-electron chi connectivity index (χ0n) is 8.17. The Morgan fingerprint density at radius 3 is 1.78 bits per heavy atom. The van der Waals surface area contributed by atoms with Gasteiger partial charge in [0.1, 0.15) is 0 Å². The maximum absolute atomic E-state index is 9.46. The molecule has 48 valence electrons. The second kappa shape index (κ2) is 10.8. The molecule has 1 N–H and O–H groups in total. The molecule has 0 fully saturated rings. The molecule has 0 aromatic carbocycles. The maximum atomic E-state index is 9.46. The number of hydrogen-bond acceptors (Lipinski definition) is 3. The van der Waals surface area contributed by atoms with Crippen LogP contribution in [-0.2, 0) is 9.59 Å². The van der Waals surface area contributed by atoms with Crippen molar-refractivity contribution in [1.29, 1.82) is 0 Å². The van der Waals surface area contributed by atoms with Crippen LogP contribution in [0, 0.1) is 0 Å². The molecule has 9 heavy (non-hydrogen) atoms. The first-order valence-corrected chi connectivity index (χ1v) is 1.59. The molecule has 0 radical (unpaired) electrons. The van der Waals surface area contributed by atoms with Gasteiger partial charge in [-0.15, -0.1) is 0 Å². The van der Waals surface area contributed by atoms with Gasteiger partial charge in [0.25, 0.3) is 5.97 Å². The van der Waals surface area contributed by atoms with E-state index in [9.17, 15) is 4.79 Å². The Morgan fingerprint density at radius 2 is 1.78 bits per heavy atom. The van der Waals surface area contributed by atoms with Crippen molar-refractivity contribution in [3.05, 3.63) is 0 Å². The number of carboxylic acids is 2. The SMILES string of the molecule is [13CH3][13C](=O)[O-].[2H]C([2H])([2H])[13C](=O)O.[Na+]. The fourth-order valence-electron chi connectivity index (χ4n) is 0. The standard InChI is InChI=1S/2C2H4O2.Na/c2*1-2(3)4;/h2*1H3,(H,3,4);/q;;+1/p-1/i1+1,2+1;1D3,2+1;. The van der Waals surface area contributed by atoms with Crippen molar-refractivity contribution in [2.45, 2.75) is 13.8 Å². The van der Waals surface area contributed by atoms with Crippen LogP contribution in [-0.4, -0.2) is 17.0 Å². The minimum Gasteiger partial charge on any atom is -0.550 e. The summed E-state index contributed by atoms with van der Waals surface area (Å²) in [6.07, 6.45) is 0. The van der Waals surface area contributed by atoms with E-state index in [1.54, 1.807) is 0 Å². The third-order valence-corrected chi connectivity index (χ3v) is 0. The zero-order chi connectivity index (χ0) is 9.65. The molecule has 0 aliphatic heterocycles. The molecule has 0 rings (SSSR count). The number of aliphatic carboxylic acids is 2. The second-order valence-corrected chi connectivity index (χ2v) is 0.797. The van der Waals surface area contributed by atoms with E-state index in [0.29, 0.717) is 0 Å². The van der Waals surface area contributed by atoms with Crippen molar-refractivity contribution < 1.29 is 53.5 Å². The van der Waals surface area contributed by atoms with Crippen molar-refractivity contribution >= 4 is 11.9 Å². The average molecular weight is 148 g/mol. The van der Waals surface area contributed by atoms with Gasteiger partial charge in [-0.05, 0) is 6.92 Å². The fraction of sp³-hybridized carbons (Fsp3) is 0.500. The molecule has 5 heteroatoms. The quantitative estimate of drug-likeness (QED) is 0.279. The zero-order valence-corrected chi connectivity index (χ0v) is 7.17. The number of carbonyl (C=O) groups is 2. The number of rotatable bonds is 0. The van der Waals surface area contributed by atoms with E-state index >= 15 is 0 Å². The van der Waals surface area contributed by atoms with Crippen LogP contribution < -0.4 is 34.7 Å². The van der Waals surface area contributed by atoms with Gasteiger partial charge in [0.15, 0.2) is 0 Å². The van der Waals surface area contributed by atoms with Crippen molar-refractivity contribution in [1.82, 2.24) is 0 Å². The minimum atomic E-state index is -2.83. The molecular formula is C4H7NaO4. The Balaban J connectivity index is -0.000000142. The monoisotopic (exact) mass is 148 g/mol. The van der Waals surface area contributed by atoms with Crippen molar-refractivity contribution in [3.8, 4) is 0 Å². The predicted octanol–water partition coefficient (Wildman–Crippen LogP) is -4.15. The molecule has 0 atom stereocenters. The van der Waals surface area contributed by atoms with Gasteiger partial charge in [0, 0.05) is 16.9 Å². The number of hydrogen-bond donors (Lipinski definition) is 1. The van der Waals surface area contributed by atoms with Gasteiger partial charge in [-0.25, -0.2) is 0 Å². The van der Waals surface area contributed by atoms with Crippen LogP contribution in [0.25, 0.3) is 0 Å². The molecule has 0 saturated heterocycles. The van der Waals surface area contributed by atoms with E-state index in [2.05, 4.69) is 0 Å². The summed E-state index contributed by atoms with van der Waals surface area (Å²) in [4.78, 5) is 18.3. The van der Waals surface area contributed by atoms with Crippen LogP contribution in [0.2, 0.25) is 0 Å². The molecule has 0 bridgehead atoms. The van der Waals surface area contributed by atoms with Gasteiger partial charge in [0.05, 0.1) is 0 Å². The normalized spacial score (nSPS) is 11.9. The molecular weight excluding hydrogens is 138 g/mol. The molecule has 0 unspecified atom stereocenters. The van der Waals surface area contributed by atoms with E-state index in [-0.39, 0.29) is 29.6 Å². The first-order valence-electron chi connectivity index (χ1n) is 3.09. The first kappa shape index (κ1) is 7.05. The number of carboxylic acid groups (broad SMARTS) is 2. The topological polar surface area (TPSA) is 77.4 Å². The Hall–Kier alpha value is -0.0600. The second-order valence-electron chi connectivity index (χ2n) is 0.797. The van der Waals surface area contributed by atoms with Gasteiger partial charge in [-0.2, -0.15) is 0 Å². The largest absolute Gasteiger partial charge is 1.00 e. The average Bonchev–Trinajstić information content (AvgIpc) is 1.59. The summed E-state index contributed by atoms with van der Waals surface area (Å²) < 4.78 is 18.4. The Kier molecular flexibility index (Phi) is 8.49. The van der Waals surface area contributed by atoms with Gasteiger partial charge >= 0.3 is 29.6 Å². The molecule has 4 nitrogen and oxygen atoms in total.